The number of nitrogens with zero attached hydrogens (tertiary/aromatic N) is 3. The van der Waals surface area contributed by atoms with Crippen molar-refractivity contribution in [3.05, 3.63) is 17.6 Å². The number of ether oxygens (including phenoxy) is 1. The van der Waals surface area contributed by atoms with Crippen LogP contribution in [0.2, 0.25) is 0 Å². The summed E-state index contributed by atoms with van der Waals surface area (Å²) in [6.07, 6.45) is -0.0224. The predicted octanol–water partition coefficient (Wildman–Crippen LogP) is 0.679. The summed E-state index contributed by atoms with van der Waals surface area (Å²) >= 11 is 0. The lowest BCUT2D eigenvalue weighted by Gasteiger charge is -2.36. The lowest BCUT2D eigenvalue weighted by Crippen LogP contribution is -2.48. The normalized spacial score (nSPS) is 25.1. The molecule has 0 aromatic carbocycles. The molecule has 5 nitrogen and oxygen atoms in total. The van der Waals surface area contributed by atoms with E-state index >= 15 is 0 Å². The molecule has 5 heteroatoms. The second-order valence-corrected chi connectivity index (χ2v) is 4.57. The van der Waals surface area contributed by atoms with Crippen LogP contribution in [0.15, 0.2) is 6.07 Å². The quantitative estimate of drug-likeness (QED) is 0.819. The summed E-state index contributed by atoms with van der Waals surface area (Å²) in [5, 5.41) is 9.20. The van der Waals surface area contributed by atoms with Gasteiger partial charge in [-0.3, -0.25) is 0 Å². The van der Waals surface area contributed by atoms with Gasteiger partial charge in [0.1, 0.15) is 11.6 Å². The summed E-state index contributed by atoms with van der Waals surface area (Å²) in [5.41, 5.74) is 0.965. The molecular weight excluding hydrogens is 218 g/mol. The van der Waals surface area contributed by atoms with Crippen molar-refractivity contribution >= 4 is 5.82 Å². The van der Waals surface area contributed by atoms with Gasteiger partial charge in [0.25, 0.3) is 0 Å². The highest BCUT2D eigenvalue weighted by Crippen LogP contribution is 2.18. The largest absolute Gasteiger partial charge is 0.394 e. The fourth-order valence-electron chi connectivity index (χ4n) is 2.19. The number of hydrogen-bond donors (Lipinski definition) is 1. The Morgan fingerprint density at radius 2 is 2.18 bits per heavy atom. The number of aromatic nitrogens is 2. The lowest BCUT2D eigenvalue weighted by molar-refractivity contribution is -0.0423. The molecule has 0 radical (unpaired) electrons. The second-order valence-electron chi connectivity index (χ2n) is 4.57. The number of anilines is 1. The molecule has 2 heterocycles. The van der Waals surface area contributed by atoms with E-state index in [-0.39, 0.29) is 18.8 Å². The van der Waals surface area contributed by atoms with Gasteiger partial charge in [-0.25, -0.2) is 9.97 Å². The Bertz CT molecular complexity index is 377. The fourth-order valence-corrected chi connectivity index (χ4v) is 2.19. The van der Waals surface area contributed by atoms with Gasteiger partial charge in [0.2, 0.25) is 0 Å². The van der Waals surface area contributed by atoms with E-state index in [0.29, 0.717) is 6.54 Å². The molecule has 1 aliphatic heterocycles. The molecule has 1 saturated heterocycles. The van der Waals surface area contributed by atoms with Crippen molar-refractivity contribution in [2.75, 3.05) is 24.6 Å². The Morgan fingerprint density at radius 3 is 2.82 bits per heavy atom. The van der Waals surface area contributed by atoms with E-state index in [0.717, 1.165) is 23.9 Å². The van der Waals surface area contributed by atoms with Gasteiger partial charge in [0, 0.05) is 24.8 Å². The maximum Gasteiger partial charge on any atom is 0.132 e. The molecule has 1 aliphatic rings. The van der Waals surface area contributed by atoms with E-state index in [4.69, 9.17) is 4.74 Å². The highest BCUT2D eigenvalue weighted by Gasteiger charge is 2.25. The summed E-state index contributed by atoms with van der Waals surface area (Å²) < 4.78 is 5.61. The number of morpholine rings is 1. The summed E-state index contributed by atoms with van der Waals surface area (Å²) in [6, 6.07) is 1.97. The SMILES string of the molecule is Cc1cc(N2CC(C)OC(CO)C2)nc(C)n1. The molecule has 0 saturated carbocycles. The number of aliphatic hydroxyl groups excluding tert-OH is 1. The zero-order valence-corrected chi connectivity index (χ0v) is 10.6. The van der Waals surface area contributed by atoms with Crippen LogP contribution in [-0.2, 0) is 4.74 Å². The first-order valence-electron chi connectivity index (χ1n) is 5.92. The first kappa shape index (κ1) is 12.3. The molecule has 0 spiro atoms. The van der Waals surface area contributed by atoms with Gasteiger partial charge < -0.3 is 14.7 Å². The molecule has 0 amide bonds. The van der Waals surface area contributed by atoms with E-state index < -0.39 is 0 Å². The van der Waals surface area contributed by atoms with Crippen LogP contribution in [0, 0.1) is 13.8 Å². The first-order valence-corrected chi connectivity index (χ1v) is 5.92. The molecule has 94 valence electrons. The summed E-state index contributed by atoms with van der Waals surface area (Å²) in [7, 11) is 0. The Hall–Kier alpha value is -1.20. The first-order chi connectivity index (χ1) is 8.08. The van der Waals surface area contributed by atoms with Crippen molar-refractivity contribution in [2.24, 2.45) is 0 Å². The molecule has 0 bridgehead atoms. The smallest absolute Gasteiger partial charge is 0.132 e. The van der Waals surface area contributed by atoms with Gasteiger partial charge in [-0.05, 0) is 20.8 Å². The van der Waals surface area contributed by atoms with Crippen LogP contribution >= 0.6 is 0 Å². The topological polar surface area (TPSA) is 58.5 Å². The van der Waals surface area contributed by atoms with Crippen LogP contribution in [-0.4, -0.2) is 47.0 Å². The molecule has 17 heavy (non-hydrogen) atoms. The highest BCUT2D eigenvalue weighted by molar-refractivity contribution is 5.40. The van der Waals surface area contributed by atoms with Gasteiger partial charge >= 0.3 is 0 Å². The van der Waals surface area contributed by atoms with Gasteiger partial charge in [-0.1, -0.05) is 0 Å². The molecule has 2 atom stereocenters. The predicted molar refractivity (Wildman–Crippen MR) is 65.1 cm³/mol. The van der Waals surface area contributed by atoms with Crippen LogP contribution in [0.3, 0.4) is 0 Å². The minimum absolute atomic E-state index is 0.0455. The van der Waals surface area contributed by atoms with Gasteiger partial charge in [0.15, 0.2) is 0 Å². The van der Waals surface area contributed by atoms with Gasteiger partial charge in [-0.2, -0.15) is 0 Å². The van der Waals surface area contributed by atoms with Crippen LogP contribution in [0.25, 0.3) is 0 Å². The van der Waals surface area contributed by atoms with Gasteiger partial charge in [0.05, 0.1) is 18.8 Å². The maximum atomic E-state index is 9.20. The molecule has 0 aliphatic carbocycles. The molecule has 1 aromatic rings. The highest BCUT2D eigenvalue weighted by atomic mass is 16.5. The Kier molecular flexibility index (Phi) is 3.59. The van der Waals surface area contributed by atoms with E-state index in [1.54, 1.807) is 0 Å². The minimum Gasteiger partial charge on any atom is -0.394 e. The maximum absolute atomic E-state index is 9.20. The number of hydrogen-bond acceptors (Lipinski definition) is 5. The second kappa shape index (κ2) is 4.98. The molecule has 2 rings (SSSR count). The van der Waals surface area contributed by atoms with Crippen molar-refractivity contribution in [2.45, 2.75) is 33.0 Å². The monoisotopic (exact) mass is 237 g/mol. The third-order valence-corrected chi connectivity index (χ3v) is 2.81. The average molecular weight is 237 g/mol. The summed E-state index contributed by atoms with van der Waals surface area (Å²) in [4.78, 5) is 10.9. The van der Waals surface area contributed by atoms with Crippen LogP contribution < -0.4 is 4.90 Å². The van der Waals surface area contributed by atoms with Crippen LogP contribution in [0.5, 0.6) is 0 Å². The Labute approximate surface area is 101 Å². The van der Waals surface area contributed by atoms with E-state index in [9.17, 15) is 5.11 Å². The van der Waals surface area contributed by atoms with Crippen LogP contribution in [0.4, 0.5) is 5.82 Å². The zero-order chi connectivity index (χ0) is 12.4. The van der Waals surface area contributed by atoms with E-state index in [1.165, 1.54) is 0 Å². The third-order valence-electron chi connectivity index (χ3n) is 2.81. The molecule has 1 N–H and O–H groups in total. The van der Waals surface area contributed by atoms with E-state index in [1.807, 2.05) is 26.8 Å². The van der Waals surface area contributed by atoms with Crippen molar-refractivity contribution in [1.29, 1.82) is 0 Å². The molecular formula is C12H19N3O2. The number of aliphatic hydroxyl groups is 1. The van der Waals surface area contributed by atoms with Gasteiger partial charge in [-0.15, -0.1) is 0 Å². The summed E-state index contributed by atoms with van der Waals surface area (Å²) in [5.74, 6) is 1.70. The summed E-state index contributed by atoms with van der Waals surface area (Å²) in [6.45, 7) is 7.39. The molecule has 1 fully saturated rings. The lowest BCUT2D eigenvalue weighted by atomic mass is 10.2. The van der Waals surface area contributed by atoms with E-state index in [2.05, 4.69) is 14.9 Å². The molecule has 2 unspecified atom stereocenters. The standard InChI is InChI=1S/C12H19N3O2/c1-8-4-12(14-10(3)13-8)15-5-9(2)17-11(6-15)7-16/h4,9,11,16H,5-7H2,1-3H3. The van der Waals surface area contributed by atoms with Crippen molar-refractivity contribution < 1.29 is 9.84 Å². The zero-order valence-electron chi connectivity index (χ0n) is 10.6. The molecule has 1 aromatic heterocycles. The van der Waals surface area contributed by atoms with Crippen molar-refractivity contribution in [3.8, 4) is 0 Å². The fraction of sp³-hybridized carbons (Fsp3) is 0.667. The van der Waals surface area contributed by atoms with Crippen molar-refractivity contribution in [1.82, 2.24) is 9.97 Å². The average Bonchev–Trinajstić information content (AvgIpc) is 2.26. The van der Waals surface area contributed by atoms with Crippen LogP contribution in [0.1, 0.15) is 18.4 Å². The minimum atomic E-state index is -0.130. The number of rotatable bonds is 2. The Morgan fingerprint density at radius 1 is 1.41 bits per heavy atom. The third kappa shape index (κ3) is 2.92. The number of aryl methyl sites for hydroxylation is 2. The Balaban J connectivity index is 2.20. The van der Waals surface area contributed by atoms with Crippen molar-refractivity contribution in [3.63, 3.8) is 0 Å².